The summed E-state index contributed by atoms with van der Waals surface area (Å²) >= 11 is 0. The van der Waals surface area contributed by atoms with E-state index in [0.29, 0.717) is 9.13 Å². The van der Waals surface area contributed by atoms with Crippen molar-refractivity contribution < 1.29 is 29.6 Å². The van der Waals surface area contributed by atoms with Gasteiger partial charge in [0.1, 0.15) is 11.5 Å². The Bertz CT molecular complexity index is 1420. The van der Waals surface area contributed by atoms with Gasteiger partial charge >= 0.3 is 11.3 Å². The Morgan fingerprint density at radius 2 is 1.67 bits per heavy atom. The predicted octanol–water partition coefficient (Wildman–Crippen LogP) is -1.21. The quantitative estimate of drug-likeness (QED) is 0.326. The van der Waals surface area contributed by atoms with Crippen LogP contribution in [0.5, 0.6) is 11.6 Å². The molecule has 0 radical (unpaired) electrons. The van der Waals surface area contributed by atoms with Gasteiger partial charge in [-0.05, 0) is 18.4 Å². The van der Waals surface area contributed by atoms with Crippen LogP contribution in [-0.4, -0.2) is 45.5 Å². The lowest BCUT2D eigenvalue weighted by atomic mass is 9.86. The van der Waals surface area contributed by atoms with Crippen LogP contribution >= 0.6 is 0 Å². The van der Waals surface area contributed by atoms with Gasteiger partial charge in [-0.3, -0.25) is 19.5 Å². The van der Waals surface area contributed by atoms with Gasteiger partial charge in [0.25, 0.3) is 11.2 Å². The normalized spacial score (nSPS) is 14.0. The summed E-state index contributed by atoms with van der Waals surface area (Å²) in [5, 5.41) is 36.5. The Morgan fingerprint density at radius 1 is 1.06 bits per heavy atom. The third-order valence-electron chi connectivity index (χ3n) is 5.68. The molecule has 2 aromatic heterocycles. The molecule has 0 aliphatic carbocycles. The molecular weight excluding hydrogens is 476 g/mol. The molecule has 3 heterocycles. The molecule has 1 fully saturated rings. The van der Waals surface area contributed by atoms with Crippen LogP contribution in [0.1, 0.15) is 28.4 Å². The summed E-state index contributed by atoms with van der Waals surface area (Å²) in [4.78, 5) is 47.8. The highest BCUT2D eigenvalue weighted by atomic mass is 16.6. The maximum absolute atomic E-state index is 12.8. The van der Waals surface area contributed by atoms with E-state index in [0.717, 1.165) is 58.6 Å². The topological polar surface area (TPSA) is 186 Å². The van der Waals surface area contributed by atoms with Crippen molar-refractivity contribution in [3.8, 4) is 11.6 Å². The van der Waals surface area contributed by atoms with Gasteiger partial charge in [-0.15, -0.1) is 0 Å². The zero-order chi connectivity index (χ0) is 26.6. The molecule has 0 bridgehead atoms. The fourth-order valence-electron chi connectivity index (χ4n) is 3.82. The van der Waals surface area contributed by atoms with Gasteiger partial charge in [0.2, 0.25) is 0 Å². The molecule has 1 aromatic carbocycles. The maximum Gasteiger partial charge on any atom is 0.343 e. The summed E-state index contributed by atoms with van der Waals surface area (Å²) in [5.41, 5.74) is -3.83. The zero-order valence-electron chi connectivity index (χ0n) is 19.9. The number of aromatic hydroxyl groups is 1. The lowest BCUT2D eigenvalue weighted by molar-refractivity contribution is -0.670. The van der Waals surface area contributed by atoms with Crippen molar-refractivity contribution in [3.05, 3.63) is 94.2 Å². The van der Waals surface area contributed by atoms with Crippen molar-refractivity contribution in [3.63, 3.8) is 0 Å². The van der Waals surface area contributed by atoms with Crippen LogP contribution in [0.15, 0.2) is 49.1 Å². The van der Waals surface area contributed by atoms with E-state index in [1.807, 2.05) is 0 Å². The molecule has 192 valence electrons. The summed E-state index contributed by atoms with van der Waals surface area (Å²) in [7, 11) is 2.33. The molecule has 1 aliphatic heterocycles. The minimum absolute atomic E-state index is 0.0967. The third kappa shape index (κ3) is 5.37. The minimum atomic E-state index is -1.43. The van der Waals surface area contributed by atoms with E-state index in [2.05, 4.69) is 5.32 Å². The van der Waals surface area contributed by atoms with Crippen LogP contribution in [-0.2, 0) is 18.8 Å². The number of hydrogen-bond donors (Lipinski definition) is 2. The molecule has 13 nitrogen and oxygen atoms in total. The van der Waals surface area contributed by atoms with Crippen LogP contribution in [0.25, 0.3) is 0 Å². The molecular formula is C23H26N4O9. The van der Waals surface area contributed by atoms with E-state index in [1.54, 1.807) is 0 Å². The second kappa shape index (κ2) is 11.0. The first-order valence-electron chi connectivity index (χ1n) is 11.0. The molecule has 0 saturated carbocycles. The van der Waals surface area contributed by atoms with Crippen LogP contribution in [0.3, 0.4) is 0 Å². The number of ether oxygens (including phenoxy) is 1. The van der Waals surface area contributed by atoms with Crippen molar-refractivity contribution in [1.82, 2.24) is 9.13 Å². The van der Waals surface area contributed by atoms with Gasteiger partial charge in [0.15, 0.2) is 0 Å². The molecule has 13 heteroatoms. The van der Waals surface area contributed by atoms with Crippen LogP contribution in [0.2, 0.25) is 0 Å². The van der Waals surface area contributed by atoms with Gasteiger partial charge in [0.05, 0.1) is 42.7 Å². The number of aromatic nitrogens is 2. The maximum atomic E-state index is 12.8. The molecule has 1 unspecified atom stereocenters. The van der Waals surface area contributed by atoms with Gasteiger partial charge in [-0.25, -0.2) is 9.59 Å². The highest BCUT2D eigenvalue weighted by Gasteiger charge is 2.29. The summed E-state index contributed by atoms with van der Waals surface area (Å²) in [5.74, 6) is -2.83. The Balaban J connectivity index is 0.000000526. The first-order valence-corrected chi connectivity index (χ1v) is 11.0. The third-order valence-corrected chi connectivity index (χ3v) is 5.68. The Labute approximate surface area is 204 Å². The van der Waals surface area contributed by atoms with Gasteiger partial charge < -0.3 is 29.3 Å². The van der Waals surface area contributed by atoms with E-state index in [9.17, 15) is 34.7 Å². The highest BCUT2D eigenvalue weighted by molar-refractivity contribution is 5.50. The Kier molecular flexibility index (Phi) is 8.07. The van der Waals surface area contributed by atoms with E-state index in [1.165, 1.54) is 19.1 Å². The number of quaternary nitrogens is 1. The van der Waals surface area contributed by atoms with E-state index in [-0.39, 0.29) is 17.0 Å². The number of benzene rings is 1. The molecule has 1 atom stereocenters. The standard InChI is InChI=1S/C19H17N3O8.C4H9NO/c1-9-8-12(23)14(18(26)30-9)13(10-4-6-11(7-5-10)22(28)29)15-16(24)20(2)19(27)21(3)17(15)25;1-3-6-4-2-5-1/h4-8,13,23-24H,1-3H3;5H,1-4H2. The summed E-state index contributed by atoms with van der Waals surface area (Å²) in [6.45, 7) is 5.62. The molecule has 0 spiro atoms. The molecule has 3 aromatic rings. The molecule has 1 saturated heterocycles. The van der Waals surface area contributed by atoms with Crippen molar-refractivity contribution >= 4 is 5.69 Å². The Hall–Kier alpha value is -4.23. The summed E-state index contributed by atoms with van der Waals surface area (Å²) in [6, 6.07) is 5.92. The fraction of sp³-hybridized carbons (Fsp3) is 0.348. The SMILES string of the molecule is C1COCC[NH2+]1.Cc1cc(O)c(C(c2ccc([N+](=O)[O-])cc2)c2c([O-])n(C)c(=O)n(C)c2=O)c(=O)o1. The lowest BCUT2D eigenvalue weighted by Gasteiger charge is -2.25. The summed E-state index contributed by atoms with van der Waals surface area (Å²) in [6.07, 6.45) is 0. The Morgan fingerprint density at radius 3 is 2.14 bits per heavy atom. The number of morpholine rings is 1. The monoisotopic (exact) mass is 502 g/mol. The van der Waals surface area contributed by atoms with Crippen molar-refractivity contribution in [1.29, 1.82) is 0 Å². The van der Waals surface area contributed by atoms with Gasteiger partial charge in [0, 0.05) is 37.9 Å². The number of hydrogen-bond acceptors (Lipinski definition) is 9. The largest absolute Gasteiger partial charge is 0.860 e. The highest BCUT2D eigenvalue weighted by Crippen LogP contribution is 2.36. The van der Waals surface area contributed by atoms with E-state index >= 15 is 0 Å². The first kappa shape index (κ1) is 26.4. The minimum Gasteiger partial charge on any atom is -0.860 e. The number of nitrogens with zero attached hydrogens (tertiary/aromatic N) is 3. The molecule has 36 heavy (non-hydrogen) atoms. The van der Waals surface area contributed by atoms with E-state index < -0.39 is 50.5 Å². The van der Waals surface area contributed by atoms with Crippen molar-refractivity contribution in [2.75, 3.05) is 26.3 Å². The zero-order valence-corrected chi connectivity index (χ0v) is 19.9. The second-order valence-corrected chi connectivity index (χ2v) is 8.13. The predicted molar refractivity (Wildman–Crippen MR) is 124 cm³/mol. The van der Waals surface area contributed by atoms with Crippen molar-refractivity contribution in [2.24, 2.45) is 14.1 Å². The smallest absolute Gasteiger partial charge is 0.343 e. The van der Waals surface area contributed by atoms with Crippen molar-refractivity contribution in [2.45, 2.75) is 12.8 Å². The summed E-state index contributed by atoms with van der Waals surface area (Å²) < 4.78 is 11.5. The number of non-ortho nitro benzene ring substituents is 1. The van der Waals surface area contributed by atoms with Crippen LogP contribution in [0.4, 0.5) is 5.69 Å². The average Bonchev–Trinajstić information content (AvgIpc) is 2.86. The number of aryl methyl sites for hydroxylation is 1. The second-order valence-electron chi connectivity index (χ2n) is 8.13. The van der Waals surface area contributed by atoms with Crippen LogP contribution in [0, 0.1) is 17.0 Å². The average molecular weight is 502 g/mol. The molecule has 0 amide bonds. The van der Waals surface area contributed by atoms with Gasteiger partial charge in [-0.1, -0.05) is 12.1 Å². The number of nitro benzene ring substituents is 1. The molecule has 1 aliphatic rings. The van der Waals surface area contributed by atoms with E-state index in [4.69, 9.17) is 9.15 Å². The van der Waals surface area contributed by atoms with Gasteiger partial charge in [-0.2, -0.15) is 0 Å². The molecule has 4 rings (SSSR count). The first-order chi connectivity index (χ1) is 17.0. The number of nitrogens with two attached hydrogens (primary N) is 1. The number of nitro groups is 1. The van der Waals surface area contributed by atoms with Crippen LogP contribution < -0.4 is 27.3 Å². The molecule has 3 N–H and O–H groups in total. The number of rotatable bonds is 4. The lowest BCUT2D eigenvalue weighted by Crippen LogP contribution is -2.87. The fourth-order valence-corrected chi connectivity index (χ4v) is 3.82.